The third-order valence-electron chi connectivity index (χ3n) is 2.52. The number of nitrogens with two attached hydrogens (primary N) is 1. The lowest BCUT2D eigenvalue weighted by Crippen LogP contribution is -2.19. The summed E-state index contributed by atoms with van der Waals surface area (Å²) in [5, 5.41) is 6.72. The second-order valence-corrected chi connectivity index (χ2v) is 5.11. The highest BCUT2D eigenvalue weighted by Gasteiger charge is 2.12. The third kappa shape index (κ3) is 2.82. The maximum absolute atomic E-state index is 11.5. The van der Waals surface area contributed by atoms with Crippen molar-refractivity contribution in [1.29, 1.82) is 0 Å². The van der Waals surface area contributed by atoms with Crippen LogP contribution in [0.2, 0.25) is 0 Å². The van der Waals surface area contributed by atoms with Gasteiger partial charge in [-0.2, -0.15) is 5.10 Å². The number of carbonyl (C=O) groups is 1. The van der Waals surface area contributed by atoms with E-state index in [1.54, 1.807) is 24.0 Å². The molecule has 0 saturated carbocycles. The Morgan fingerprint density at radius 2 is 2.21 bits per heavy atom. The van der Waals surface area contributed by atoms with Gasteiger partial charge >= 0.3 is 0 Å². The van der Waals surface area contributed by atoms with E-state index in [0.717, 1.165) is 10.2 Å². The first kappa shape index (κ1) is 13.7. The van der Waals surface area contributed by atoms with Crippen LogP contribution in [0.5, 0.6) is 0 Å². The molecule has 0 aliphatic carbocycles. The van der Waals surface area contributed by atoms with Crippen LogP contribution in [0.3, 0.4) is 0 Å². The molecule has 19 heavy (non-hydrogen) atoms. The number of carbonyl (C=O) groups excluding carboxylic acids is 1. The largest absolute Gasteiger partial charge is 0.389 e. The fourth-order valence-corrected chi connectivity index (χ4v) is 2.14. The minimum Gasteiger partial charge on any atom is -0.389 e. The van der Waals surface area contributed by atoms with Crippen LogP contribution in [0.25, 0.3) is 5.69 Å². The molecule has 1 heterocycles. The molecule has 0 atom stereocenters. The fourth-order valence-electron chi connectivity index (χ4n) is 1.61. The Kier molecular flexibility index (Phi) is 3.96. The van der Waals surface area contributed by atoms with E-state index in [1.165, 1.54) is 0 Å². The number of hydrogen-bond acceptors (Lipinski definition) is 3. The summed E-state index contributed by atoms with van der Waals surface area (Å²) >= 11 is 8.39. The van der Waals surface area contributed by atoms with Crippen LogP contribution in [-0.4, -0.2) is 27.7 Å². The van der Waals surface area contributed by atoms with Gasteiger partial charge in [-0.3, -0.25) is 4.79 Å². The van der Waals surface area contributed by atoms with Crippen molar-refractivity contribution in [3.05, 3.63) is 46.2 Å². The van der Waals surface area contributed by atoms with Crippen molar-refractivity contribution in [3.63, 3.8) is 0 Å². The first-order valence-electron chi connectivity index (χ1n) is 5.40. The van der Waals surface area contributed by atoms with Gasteiger partial charge in [0.2, 0.25) is 0 Å². The zero-order valence-corrected chi connectivity index (χ0v) is 12.5. The molecule has 0 radical (unpaired) electrons. The Labute approximate surface area is 123 Å². The zero-order chi connectivity index (χ0) is 14.0. The Morgan fingerprint density at radius 3 is 2.84 bits per heavy atom. The van der Waals surface area contributed by atoms with E-state index in [1.807, 2.05) is 18.2 Å². The average Bonchev–Trinajstić information content (AvgIpc) is 2.87. The minimum absolute atomic E-state index is 0.243. The topological polar surface area (TPSA) is 72.9 Å². The van der Waals surface area contributed by atoms with Crippen LogP contribution >= 0.6 is 28.1 Å². The molecule has 0 bridgehead atoms. The van der Waals surface area contributed by atoms with E-state index in [4.69, 9.17) is 18.0 Å². The van der Waals surface area contributed by atoms with Crippen molar-refractivity contribution < 1.29 is 4.79 Å². The highest BCUT2D eigenvalue weighted by molar-refractivity contribution is 9.10. The van der Waals surface area contributed by atoms with E-state index < -0.39 is 0 Å². The summed E-state index contributed by atoms with van der Waals surface area (Å²) in [6.07, 6.45) is 1.69. The molecule has 98 valence electrons. The molecular weight excluding hydrogens is 328 g/mol. The number of hydrogen-bond donors (Lipinski definition) is 2. The van der Waals surface area contributed by atoms with Crippen molar-refractivity contribution in [2.75, 3.05) is 7.05 Å². The van der Waals surface area contributed by atoms with Crippen molar-refractivity contribution in [2.24, 2.45) is 5.73 Å². The van der Waals surface area contributed by atoms with Crippen LogP contribution in [-0.2, 0) is 0 Å². The molecule has 1 aromatic carbocycles. The van der Waals surface area contributed by atoms with Gasteiger partial charge < -0.3 is 11.1 Å². The van der Waals surface area contributed by atoms with Gasteiger partial charge in [-0.15, -0.1) is 0 Å². The number of thiocarbonyl (C=S) groups is 1. The van der Waals surface area contributed by atoms with E-state index in [2.05, 4.69) is 26.3 Å². The molecule has 1 aromatic heterocycles. The van der Waals surface area contributed by atoms with E-state index in [0.29, 0.717) is 11.3 Å². The first-order valence-corrected chi connectivity index (χ1v) is 6.60. The Bertz CT molecular complexity index is 653. The predicted octanol–water partition coefficient (Wildman–Crippen LogP) is 1.63. The molecular formula is C12H11BrN4OS. The van der Waals surface area contributed by atoms with Gasteiger partial charge in [0.1, 0.15) is 4.99 Å². The van der Waals surface area contributed by atoms with Gasteiger partial charge in [0, 0.05) is 23.3 Å². The SMILES string of the molecule is CNC(=O)c1ccn(-c2ccc(Br)cc2C(N)=S)n1. The summed E-state index contributed by atoms with van der Waals surface area (Å²) in [6, 6.07) is 7.14. The Balaban J connectivity index is 2.50. The summed E-state index contributed by atoms with van der Waals surface area (Å²) in [5.41, 5.74) is 7.45. The van der Waals surface area contributed by atoms with Gasteiger partial charge in [-0.25, -0.2) is 4.68 Å². The molecule has 7 heteroatoms. The van der Waals surface area contributed by atoms with Crippen molar-refractivity contribution in [2.45, 2.75) is 0 Å². The van der Waals surface area contributed by atoms with E-state index >= 15 is 0 Å². The second-order valence-electron chi connectivity index (χ2n) is 3.75. The monoisotopic (exact) mass is 338 g/mol. The fraction of sp³-hybridized carbons (Fsp3) is 0.0833. The normalized spacial score (nSPS) is 10.2. The number of halogens is 1. The molecule has 2 aromatic rings. The van der Waals surface area contributed by atoms with Crippen molar-refractivity contribution in [3.8, 4) is 5.69 Å². The number of benzene rings is 1. The van der Waals surface area contributed by atoms with Gasteiger partial charge in [0.05, 0.1) is 5.69 Å². The standard InChI is InChI=1S/C12H11BrN4OS/c1-15-12(18)9-4-5-17(16-9)10-3-2-7(13)6-8(10)11(14)19/h2-6H,1H3,(H2,14,19)(H,15,18). The molecule has 2 rings (SSSR count). The summed E-state index contributed by atoms with van der Waals surface area (Å²) in [4.78, 5) is 11.8. The Morgan fingerprint density at radius 1 is 1.47 bits per heavy atom. The van der Waals surface area contributed by atoms with Crippen LogP contribution in [0.4, 0.5) is 0 Å². The smallest absolute Gasteiger partial charge is 0.271 e. The number of nitrogens with zero attached hydrogens (tertiary/aromatic N) is 2. The summed E-state index contributed by atoms with van der Waals surface area (Å²) in [6.45, 7) is 0. The molecule has 0 saturated heterocycles. The molecule has 1 amide bonds. The number of rotatable bonds is 3. The maximum atomic E-state index is 11.5. The van der Waals surface area contributed by atoms with Crippen LogP contribution in [0, 0.1) is 0 Å². The van der Waals surface area contributed by atoms with Gasteiger partial charge in [0.15, 0.2) is 5.69 Å². The first-order chi connectivity index (χ1) is 9.02. The minimum atomic E-state index is -0.243. The molecule has 3 N–H and O–H groups in total. The summed E-state index contributed by atoms with van der Waals surface area (Å²) < 4.78 is 2.45. The third-order valence-corrected chi connectivity index (χ3v) is 3.23. The average molecular weight is 339 g/mol. The quantitative estimate of drug-likeness (QED) is 0.834. The van der Waals surface area contributed by atoms with Gasteiger partial charge in [0.25, 0.3) is 5.91 Å². The molecule has 0 unspecified atom stereocenters. The van der Waals surface area contributed by atoms with Crippen LogP contribution < -0.4 is 11.1 Å². The molecule has 0 spiro atoms. The highest BCUT2D eigenvalue weighted by Crippen LogP contribution is 2.20. The lowest BCUT2D eigenvalue weighted by atomic mass is 10.2. The van der Waals surface area contributed by atoms with Crippen molar-refractivity contribution in [1.82, 2.24) is 15.1 Å². The maximum Gasteiger partial charge on any atom is 0.271 e. The van der Waals surface area contributed by atoms with Crippen LogP contribution in [0.15, 0.2) is 34.9 Å². The van der Waals surface area contributed by atoms with E-state index in [-0.39, 0.29) is 10.9 Å². The molecule has 5 nitrogen and oxygen atoms in total. The van der Waals surface area contributed by atoms with E-state index in [9.17, 15) is 4.79 Å². The summed E-state index contributed by atoms with van der Waals surface area (Å²) in [7, 11) is 1.56. The lowest BCUT2D eigenvalue weighted by molar-refractivity contribution is 0.0957. The summed E-state index contributed by atoms with van der Waals surface area (Å²) in [5.74, 6) is -0.243. The number of aromatic nitrogens is 2. The number of amides is 1. The van der Waals surface area contributed by atoms with Gasteiger partial charge in [-0.1, -0.05) is 28.1 Å². The predicted molar refractivity (Wildman–Crippen MR) is 80.5 cm³/mol. The molecule has 0 fully saturated rings. The highest BCUT2D eigenvalue weighted by atomic mass is 79.9. The zero-order valence-electron chi connectivity index (χ0n) is 10.1. The van der Waals surface area contributed by atoms with Gasteiger partial charge in [-0.05, 0) is 24.3 Å². The number of nitrogens with one attached hydrogen (secondary N) is 1. The second kappa shape index (κ2) is 5.50. The Hall–Kier alpha value is -1.73. The molecule has 0 aliphatic rings. The van der Waals surface area contributed by atoms with Crippen molar-refractivity contribution >= 4 is 39.0 Å². The van der Waals surface area contributed by atoms with Crippen LogP contribution in [0.1, 0.15) is 16.1 Å². The molecule has 0 aliphatic heterocycles. The lowest BCUT2D eigenvalue weighted by Gasteiger charge is -2.08.